The number of Topliss-reactive ketones (excluding diaryl/α,β-unsaturated/α-hetero) is 1. The third-order valence-corrected chi connectivity index (χ3v) is 8.55. The number of carbonyl (C=O) groups is 2. The Hall–Kier alpha value is -2.38. The normalized spacial score (nSPS) is 23.0. The van der Waals surface area contributed by atoms with E-state index < -0.39 is 15.6 Å². The molecule has 2 aromatic rings. The fourth-order valence-corrected chi connectivity index (χ4v) is 6.55. The van der Waals surface area contributed by atoms with E-state index in [0.29, 0.717) is 47.6 Å². The third kappa shape index (κ3) is 3.74. The summed E-state index contributed by atoms with van der Waals surface area (Å²) in [5.74, 6) is -0.174. The minimum Gasteiger partial charge on any atom is -0.325 e. The topological polar surface area (TPSA) is 74.8 Å². The van der Waals surface area contributed by atoms with Crippen LogP contribution < -0.4 is 4.31 Å². The van der Waals surface area contributed by atoms with E-state index in [4.69, 9.17) is 11.6 Å². The largest absolute Gasteiger partial charge is 0.325 e. The molecule has 0 spiro atoms. The number of likely N-dealkylation sites (N-methyl/N-ethyl adjacent to an activating group) is 1. The van der Waals surface area contributed by atoms with Gasteiger partial charge in [0.05, 0.1) is 11.4 Å². The third-order valence-electron chi connectivity index (χ3n) is 6.35. The van der Waals surface area contributed by atoms with E-state index in [0.717, 1.165) is 12.8 Å². The Morgan fingerprint density at radius 2 is 1.77 bits per heavy atom. The molecule has 2 fully saturated rings. The highest BCUT2D eigenvalue weighted by Gasteiger charge is 2.48. The second-order valence-electron chi connectivity index (χ2n) is 8.12. The van der Waals surface area contributed by atoms with Crippen LogP contribution in [0.15, 0.2) is 48.5 Å². The van der Waals surface area contributed by atoms with Crippen molar-refractivity contribution in [3.8, 4) is 0 Å². The Bertz CT molecular complexity index is 1120. The van der Waals surface area contributed by atoms with E-state index in [1.54, 1.807) is 43.4 Å². The van der Waals surface area contributed by atoms with E-state index in [2.05, 4.69) is 0 Å². The minimum absolute atomic E-state index is 0.0116. The maximum Gasteiger partial charge on any atom is 0.254 e. The van der Waals surface area contributed by atoms with Crippen molar-refractivity contribution >= 4 is 39.0 Å². The average molecular weight is 461 g/mol. The molecule has 1 amide bonds. The average Bonchev–Trinajstić information content (AvgIpc) is 3.13. The molecule has 0 N–H and O–H groups in total. The maximum atomic E-state index is 13.4. The quantitative estimate of drug-likeness (QED) is 0.691. The number of hydrogen-bond donors (Lipinski definition) is 0. The Labute approximate surface area is 187 Å². The molecule has 1 saturated heterocycles. The van der Waals surface area contributed by atoms with Gasteiger partial charge in [0.25, 0.3) is 5.91 Å². The summed E-state index contributed by atoms with van der Waals surface area (Å²) >= 11 is 6.47. The molecule has 1 heterocycles. The molecule has 8 heteroatoms. The fraction of sp³-hybridized carbons (Fsp3) is 0.391. The second-order valence-corrected chi connectivity index (χ2v) is 10.5. The molecular weight excluding hydrogens is 436 g/mol. The number of halogens is 1. The number of rotatable bonds is 4. The zero-order valence-electron chi connectivity index (χ0n) is 17.4. The molecule has 6 nitrogen and oxygen atoms in total. The molecule has 1 aliphatic carbocycles. The fourth-order valence-electron chi connectivity index (χ4n) is 4.70. The van der Waals surface area contributed by atoms with Gasteiger partial charge in [-0.1, -0.05) is 29.8 Å². The zero-order valence-corrected chi connectivity index (χ0v) is 19.0. The first-order chi connectivity index (χ1) is 14.8. The highest BCUT2D eigenvalue weighted by atomic mass is 35.5. The van der Waals surface area contributed by atoms with Gasteiger partial charge in [-0.05, 0) is 56.0 Å². The van der Waals surface area contributed by atoms with Gasteiger partial charge in [0, 0.05) is 36.2 Å². The van der Waals surface area contributed by atoms with Crippen molar-refractivity contribution in [1.82, 2.24) is 4.90 Å². The predicted octanol–water partition coefficient (Wildman–Crippen LogP) is 3.99. The molecule has 31 heavy (non-hydrogen) atoms. The van der Waals surface area contributed by atoms with E-state index in [9.17, 15) is 18.0 Å². The molecule has 1 aliphatic heterocycles. The van der Waals surface area contributed by atoms with Gasteiger partial charge in [0.1, 0.15) is 5.54 Å². The van der Waals surface area contributed by atoms with Gasteiger partial charge in [0.2, 0.25) is 10.0 Å². The van der Waals surface area contributed by atoms with Gasteiger partial charge in [-0.2, -0.15) is 0 Å². The molecule has 2 aliphatic rings. The lowest BCUT2D eigenvalue weighted by molar-refractivity contribution is -0.132. The zero-order chi connectivity index (χ0) is 22.2. The number of hydrogen-bond acceptors (Lipinski definition) is 4. The van der Waals surface area contributed by atoms with Crippen LogP contribution in [0, 0.1) is 0 Å². The standard InChI is InChI=1S/C23H25ClN2O4S/c1-25(23(14-5-4-9-21(23)27)19-7-2-3-8-20(19)24)22(28)17-10-12-18(13-11-17)26-15-6-16-31(26,29)30/h2-3,7-8,10-13H,4-6,9,14-16H2,1H3. The van der Waals surface area contributed by atoms with Crippen molar-refractivity contribution in [3.05, 3.63) is 64.7 Å². The van der Waals surface area contributed by atoms with Crippen LogP contribution in [0.25, 0.3) is 0 Å². The second kappa shape index (κ2) is 8.28. The van der Waals surface area contributed by atoms with Crippen LogP contribution in [0.3, 0.4) is 0 Å². The number of anilines is 1. The lowest BCUT2D eigenvalue weighted by atomic mass is 9.74. The molecular formula is C23H25ClN2O4S. The number of ketones is 1. The van der Waals surface area contributed by atoms with Crippen LogP contribution in [-0.2, 0) is 20.4 Å². The first-order valence-electron chi connectivity index (χ1n) is 10.4. The molecule has 1 unspecified atom stereocenters. The first kappa shape index (κ1) is 21.8. The Kier molecular flexibility index (Phi) is 5.83. The summed E-state index contributed by atoms with van der Waals surface area (Å²) in [7, 11) is -1.64. The van der Waals surface area contributed by atoms with Crippen LogP contribution in [0.4, 0.5) is 5.69 Å². The van der Waals surface area contributed by atoms with Crippen molar-refractivity contribution in [2.24, 2.45) is 0 Å². The molecule has 0 bridgehead atoms. The smallest absolute Gasteiger partial charge is 0.254 e. The van der Waals surface area contributed by atoms with Crippen molar-refractivity contribution in [1.29, 1.82) is 0 Å². The SMILES string of the molecule is CN(C(=O)c1ccc(N2CCCS2(=O)=O)cc1)C1(c2ccccc2Cl)CCCCC1=O. The predicted molar refractivity (Wildman–Crippen MR) is 121 cm³/mol. The van der Waals surface area contributed by atoms with E-state index in [1.807, 2.05) is 12.1 Å². The Balaban J connectivity index is 1.68. The maximum absolute atomic E-state index is 13.4. The molecule has 0 aromatic heterocycles. The van der Waals surface area contributed by atoms with Crippen molar-refractivity contribution in [2.45, 2.75) is 37.6 Å². The van der Waals surface area contributed by atoms with Crippen LogP contribution >= 0.6 is 11.6 Å². The Morgan fingerprint density at radius 3 is 2.39 bits per heavy atom. The van der Waals surface area contributed by atoms with Gasteiger partial charge in [-0.15, -0.1) is 0 Å². The van der Waals surface area contributed by atoms with E-state index >= 15 is 0 Å². The lowest BCUT2D eigenvalue weighted by Crippen LogP contribution is -2.54. The Morgan fingerprint density at radius 1 is 1.06 bits per heavy atom. The number of carbonyl (C=O) groups excluding carboxylic acids is 2. The summed E-state index contributed by atoms with van der Waals surface area (Å²) in [5, 5.41) is 0.465. The number of nitrogens with zero attached hydrogens (tertiary/aromatic N) is 2. The monoisotopic (exact) mass is 460 g/mol. The van der Waals surface area contributed by atoms with Crippen LogP contribution in [0.1, 0.15) is 48.0 Å². The summed E-state index contributed by atoms with van der Waals surface area (Å²) in [6, 6.07) is 13.7. The molecule has 0 radical (unpaired) electrons. The van der Waals surface area contributed by atoms with Gasteiger partial charge >= 0.3 is 0 Å². The van der Waals surface area contributed by atoms with Crippen LogP contribution in [0.5, 0.6) is 0 Å². The summed E-state index contributed by atoms with van der Waals surface area (Å²) in [4.78, 5) is 28.2. The summed E-state index contributed by atoms with van der Waals surface area (Å²) in [6.07, 6.45) is 3.12. The van der Waals surface area contributed by atoms with Gasteiger partial charge in [-0.25, -0.2) is 8.42 Å². The van der Waals surface area contributed by atoms with Gasteiger partial charge in [0.15, 0.2) is 5.78 Å². The molecule has 1 saturated carbocycles. The van der Waals surface area contributed by atoms with Crippen molar-refractivity contribution in [2.75, 3.05) is 23.7 Å². The molecule has 1 atom stereocenters. The molecule has 164 valence electrons. The lowest BCUT2D eigenvalue weighted by Gasteiger charge is -2.44. The van der Waals surface area contributed by atoms with Gasteiger partial charge < -0.3 is 4.90 Å². The minimum atomic E-state index is -3.29. The van der Waals surface area contributed by atoms with E-state index in [-0.39, 0.29) is 17.4 Å². The highest BCUT2D eigenvalue weighted by Crippen LogP contribution is 2.42. The summed E-state index contributed by atoms with van der Waals surface area (Å²) in [5.41, 5.74) is 0.487. The van der Waals surface area contributed by atoms with Gasteiger partial charge in [-0.3, -0.25) is 13.9 Å². The number of benzene rings is 2. The van der Waals surface area contributed by atoms with Crippen molar-refractivity contribution < 1.29 is 18.0 Å². The number of amides is 1. The van der Waals surface area contributed by atoms with E-state index in [1.165, 1.54) is 9.21 Å². The van der Waals surface area contributed by atoms with Crippen LogP contribution in [-0.4, -0.2) is 44.4 Å². The molecule has 4 rings (SSSR count). The number of sulfonamides is 1. The highest BCUT2D eigenvalue weighted by molar-refractivity contribution is 7.93. The summed E-state index contributed by atoms with van der Waals surface area (Å²) in [6.45, 7) is 0.444. The molecule has 2 aromatic carbocycles. The summed E-state index contributed by atoms with van der Waals surface area (Å²) < 4.78 is 25.7. The first-order valence-corrected chi connectivity index (χ1v) is 12.4. The van der Waals surface area contributed by atoms with Crippen LogP contribution in [0.2, 0.25) is 5.02 Å². The van der Waals surface area contributed by atoms with Crippen molar-refractivity contribution in [3.63, 3.8) is 0 Å².